The van der Waals surface area contributed by atoms with Crippen LogP contribution in [0.2, 0.25) is 0 Å². The molecule has 77 heavy (non-hydrogen) atoms. The Bertz CT molecular complexity index is 1300. The number of unbranched alkanes of at least 4 members (excludes halogenated alkanes) is 42. The number of hydrogen-bond acceptors (Lipinski definition) is 10. The minimum absolute atomic E-state index is 0.253. The predicted octanol–water partition coefficient (Wildman–Crippen LogP) is 15.2. The number of ether oxygens (including phenoxy) is 2. The van der Waals surface area contributed by atoms with E-state index in [1.165, 1.54) is 244 Å². The number of allylic oxidation sites excluding steroid dienone is 4. The summed E-state index contributed by atoms with van der Waals surface area (Å²) in [4.78, 5) is 13.2. The summed E-state index contributed by atoms with van der Waals surface area (Å²) in [5.74, 6) is -0.703. The van der Waals surface area contributed by atoms with Gasteiger partial charge in [0.05, 0.1) is 25.4 Å². The van der Waals surface area contributed by atoms with E-state index < -0.39 is 74.2 Å². The van der Waals surface area contributed by atoms with Gasteiger partial charge in [0.15, 0.2) is 6.29 Å². The number of carbonyl (C=O) groups excluding carboxylic acids is 1. The first-order valence-corrected chi connectivity index (χ1v) is 33.2. The normalized spacial score (nSPS) is 19.6. The van der Waals surface area contributed by atoms with Gasteiger partial charge < -0.3 is 50.5 Å². The van der Waals surface area contributed by atoms with Crippen LogP contribution in [0.1, 0.15) is 322 Å². The average Bonchev–Trinajstić information content (AvgIpc) is 3.43. The summed E-state index contributed by atoms with van der Waals surface area (Å²) in [7, 11) is 0. The highest BCUT2D eigenvalue weighted by Crippen LogP contribution is 2.24. The molecule has 11 heteroatoms. The Morgan fingerprint density at radius 2 is 0.766 bits per heavy atom. The van der Waals surface area contributed by atoms with Crippen molar-refractivity contribution in [1.29, 1.82) is 0 Å². The van der Waals surface area contributed by atoms with E-state index in [4.69, 9.17) is 9.47 Å². The molecular formula is C66H127NO10. The van der Waals surface area contributed by atoms with Gasteiger partial charge in [-0.25, -0.2) is 0 Å². The lowest BCUT2D eigenvalue weighted by atomic mass is 9.98. The number of aliphatic hydroxyl groups is 7. The molecular weight excluding hydrogens is 967 g/mol. The molecule has 1 fully saturated rings. The maximum Gasteiger partial charge on any atom is 0.249 e. The van der Waals surface area contributed by atoms with E-state index in [-0.39, 0.29) is 12.8 Å². The van der Waals surface area contributed by atoms with E-state index in [0.29, 0.717) is 12.8 Å². The lowest BCUT2D eigenvalue weighted by Gasteiger charge is -2.40. The molecule has 1 rings (SSSR count). The Balaban J connectivity index is 2.25. The zero-order chi connectivity index (χ0) is 56.1. The van der Waals surface area contributed by atoms with Crippen molar-refractivity contribution < 1.29 is 50.0 Å². The lowest BCUT2D eigenvalue weighted by Crippen LogP contribution is -2.60. The van der Waals surface area contributed by atoms with Crippen molar-refractivity contribution in [3.8, 4) is 0 Å². The van der Waals surface area contributed by atoms with Crippen LogP contribution in [0.25, 0.3) is 0 Å². The molecule has 8 N–H and O–H groups in total. The molecule has 1 saturated heterocycles. The van der Waals surface area contributed by atoms with Gasteiger partial charge in [-0.3, -0.25) is 4.79 Å². The lowest BCUT2D eigenvalue weighted by molar-refractivity contribution is -0.303. The molecule has 0 aliphatic carbocycles. The van der Waals surface area contributed by atoms with Gasteiger partial charge in [-0.1, -0.05) is 282 Å². The molecule has 0 aromatic rings. The zero-order valence-electron chi connectivity index (χ0n) is 50.2. The molecule has 0 bridgehead atoms. The molecule has 0 radical (unpaired) electrons. The summed E-state index contributed by atoms with van der Waals surface area (Å²) in [6, 6.07) is -1.19. The highest BCUT2D eigenvalue weighted by atomic mass is 16.7. The molecule has 1 aliphatic rings. The third-order valence-corrected chi connectivity index (χ3v) is 16.2. The van der Waals surface area contributed by atoms with Crippen LogP contribution in [0.5, 0.6) is 0 Å². The molecule has 0 spiro atoms. The summed E-state index contributed by atoms with van der Waals surface area (Å²) in [5, 5.41) is 76.4. The fourth-order valence-corrected chi connectivity index (χ4v) is 10.9. The SMILES string of the molecule is CCCCCCCCCCCCCC/C=C\CCCCCCCCCCCC(O)C(=O)NC(COC1OC(CO)C(O)C(O)C1O)C(O)C(O)CCC/C=C/CCCCCCCCCCCCCCCCCCCCCC. The summed E-state index contributed by atoms with van der Waals surface area (Å²) < 4.78 is 11.2. The van der Waals surface area contributed by atoms with E-state index in [1.807, 2.05) is 0 Å². The quantitative estimate of drug-likeness (QED) is 0.0215. The van der Waals surface area contributed by atoms with E-state index in [0.717, 1.165) is 38.5 Å². The van der Waals surface area contributed by atoms with Gasteiger partial charge >= 0.3 is 0 Å². The number of hydrogen-bond donors (Lipinski definition) is 8. The van der Waals surface area contributed by atoms with Crippen LogP contribution in [-0.2, 0) is 14.3 Å². The van der Waals surface area contributed by atoms with Gasteiger partial charge in [0.2, 0.25) is 5.91 Å². The van der Waals surface area contributed by atoms with Gasteiger partial charge in [0, 0.05) is 0 Å². The molecule has 11 nitrogen and oxygen atoms in total. The highest BCUT2D eigenvalue weighted by Gasteiger charge is 2.44. The van der Waals surface area contributed by atoms with Crippen molar-refractivity contribution in [3.63, 3.8) is 0 Å². The Morgan fingerprint density at radius 3 is 1.12 bits per heavy atom. The van der Waals surface area contributed by atoms with Crippen molar-refractivity contribution in [2.75, 3.05) is 13.2 Å². The topological polar surface area (TPSA) is 189 Å². The molecule has 0 aromatic carbocycles. The second-order valence-corrected chi connectivity index (χ2v) is 23.5. The first kappa shape index (κ1) is 73.6. The summed E-state index contributed by atoms with van der Waals surface area (Å²) >= 11 is 0. The van der Waals surface area contributed by atoms with E-state index in [2.05, 4.69) is 43.5 Å². The zero-order valence-corrected chi connectivity index (χ0v) is 50.2. The van der Waals surface area contributed by atoms with Crippen molar-refractivity contribution in [2.45, 2.75) is 377 Å². The third kappa shape index (κ3) is 43.0. The summed E-state index contributed by atoms with van der Waals surface area (Å²) in [5.41, 5.74) is 0. The Morgan fingerprint density at radius 1 is 0.442 bits per heavy atom. The second-order valence-electron chi connectivity index (χ2n) is 23.5. The second kappa shape index (κ2) is 55.1. The van der Waals surface area contributed by atoms with Crippen molar-refractivity contribution in [1.82, 2.24) is 5.32 Å². The number of rotatable bonds is 58. The maximum absolute atomic E-state index is 13.2. The minimum atomic E-state index is -1.67. The van der Waals surface area contributed by atoms with Gasteiger partial charge in [0.25, 0.3) is 0 Å². The fraction of sp³-hybridized carbons (Fsp3) is 0.924. The summed E-state index contributed by atoms with van der Waals surface area (Å²) in [6.45, 7) is 3.49. The average molecular weight is 1090 g/mol. The number of amides is 1. The molecule has 9 unspecified atom stereocenters. The smallest absolute Gasteiger partial charge is 0.249 e. The molecule has 9 atom stereocenters. The standard InChI is InChI=1S/C66H127NO10/c1-3-5-7-9-11-13-15-17-19-21-23-25-27-29-31-33-35-37-39-41-43-45-47-49-51-53-58(69)61(71)57(56-76-66-64(74)63(73)62(72)60(55-68)77-66)67-65(75)59(70)54-52-50-48-46-44-42-40-38-36-34-32-30-28-26-24-22-20-18-16-14-12-10-8-6-4-2/h30,32,45,47,57-64,66,68-74H,3-29,31,33-44,46,48-56H2,1-2H3,(H,67,75)/b32-30-,47-45+. The third-order valence-electron chi connectivity index (χ3n) is 16.2. The fourth-order valence-electron chi connectivity index (χ4n) is 10.9. The molecule has 456 valence electrons. The van der Waals surface area contributed by atoms with Gasteiger partial charge in [0.1, 0.15) is 36.6 Å². The number of aliphatic hydroxyl groups excluding tert-OH is 7. The van der Waals surface area contributed by atoms with Gasteiger partial charge in [-0.15, -0.1) is 0 Å². The van der Waals surface area contributed by atoms with Crippen LogP contribution in [0, 0.1) is 0 Å². The van der Waals surface area contributed by atoms with Crippen LogP contribution in [-0.4, -0.2) is 110 Å². The number of nitrogens with one attached hydrogen (secondary N) is 1. The van der Waals surface area contributed by atoms with Gasteiger partial charge in [-0.05, 0) is 64.2 Å². The maximum atomic E-state index is 13.2. The van der Waals surface area contributed by atoms with Crippen LogP contribution in [0.3, 0.4) is 0 Å². The Hall–Kier alpha value is -1.41. The minimum Gasteiger partial charge on any atom is -0.394 e. The van der Waals surface area contributed by atoms with Crippen molar-refractivity contribution in [3.05, 3.63) is 24.3 Å². The van der Waals surface area contributed by atoms with Crippen molar-refractivity contribution >= 4 is 5.91 Å². The predicted molar refractivity (Wildman–Crippen MR) is 321 cm³/mol. The molecule has 1 heterocycles. The van der Waals surface area contributed by atoms with Crippen LogP contribution in [0.15, 0.2) is 24.3 Å². The monoisotopic (exact) mass is 1090 g/mol. The van der Waals surface area contributed by atoms with Gasteiger partial charge in [-0.2, -0.15) is 0 Å². The first-order valence-electron chi connectivity index (χ1n) is 33.2. The van der Waals surface area contributed by atoms with Crippen molar-refractivity contribution in [2.24, 2.45) is 0 Å². The van der Waals surface area contributed by atoms with E-state index >= 15 is 0 Å². The Kier molecular flexibility index (Phi) is 52.7. The van der Waals surface area contributed by atoms with E-state index in [1.54, 1.807) is 0 Å². The molecule has 0 aromatic heterocycles. The number of carbonyl (C=O) groups is 1. The van der Waals surface area contributed by atoms with E-state index in [9.17, 15) is 40.5 Å². The first-order chi connectivity index (χ1) is 37.7. The van der Waals surface area contributed by atoms with Crippen LogP contribution >= 0.6 is 0 Å². The Labute approximate surface area is 474 Å². The molecule has 1 amide bonds. The van der Waals surface area contributed by atoms with Crippen LogP contribution in [0.4, 0.5) is 0 Å². The summed E-state index contributed by atoms with van der Waals surface area (Å²) in [6.07, 6.45) is 56.8. The molecule has 1 aliphatic heterocycles. The largest absolute Gasteiger partial charge is 0.394 e. The van der Waals surface area contributed by atoms with Crippen LogP contribution < -0.4 is 5.32 Å². The highest BCUT2D eigenvalue weighted by molar-refractivity contribution is 5.80. The molecule has 0 saturated carbocycles.